The predicted molar refractivity (Wildman–Crippen MR) is 68.2 cm³/mol. The van der Waals surface area contributed by atoms with Crippen LogP contribution in [0.3, 0.4) is 0 Å². The molecule has 0 saturated heterocycles. The van der Waals surface area contributed by atoms with E-state index < -0.39 is 17.8 Å². The molecule has 0 spiro atoms. The van der Waals surface area contributed by atoms with Crippen LogP contribution in [0, 0.1) is 17.3 Å². The lowest BCUT2D eigenvalue weighted by Crippen LogP contribution is -2.40. The van der Waals surface area contributed by atoms with Crippen molar-refractivity contribution in [1.82, 2.24) is 4.90 Å². The third kappa shape index (κ3) is 7.55. The summed E-state index contributed by atoms with van der Waals surface area (Å²) < 4.78 is 4.98. The quantitative estimate of drug-likeness (QED) is 0.731. The molecule has 0 atom stereocenters. The zero-order valence-corrected chi connectivity index (χ0v) is 11.8. The first-order chi connectivity index (χ1) is 7.92. The Kier molecular flexibility index (Phi) is 5.22. The zero-order chi connectivity index (χ0) is 14.6. The Morgan fingerprint density at radius 3 is 2.00 bits per heavy atom. The normalized spacial score (nSPS) is 11.2. The molecule has 0 fully saturated rings. The lowest BCUT2D eigenvalue weighted by atomic mass is 9.98. The summed E-state index contributed by atoms with van der Waals surface area (Å²) in [6, 6.07) is 0. The van der Waals surface area contributed by atoms with Crippen molar-refractivity contribution in [3.05, 3.63) is 0 Å². The van der Waals surface area contributed by atoms with E-state index in [4.69, 9.17) is 9.84 Å². The summed E-state index contributed by atoms with van der Waals surface area (Å²) >= 11 is 0. The van der Waals surface area contributed by atoms with Crippen LogP contribution in [0.15, 0.2) is 0 Å². The van der Waals surface area contributed by atoms with Gasteiger partial charge >= 0.3 is 12.2 Å². The van der Waals surface area contributed by atoms with E-state index in [0.717, 1.165) is 0 Å². The van der Waals surface area contributed by atoms with Crippen molar-refractivity contribution in [2.24, 2.45) is 5.41 Å². The highest BCUT2D eigenvalue weighted by molar-refractivity contribution is 5.87. The number of carbonyl (C=O) groups is 2. The average Bonchev–Trinajstić information content (AvgIpc) is 2.06. The molecular formula is C13H21NO4. The van der Waals surface area contributed by atoms with E-state index in [2.05, 4.69) is 11.8 Å². The van der Waals surface area contributed by atoms with Crippen LogP contribution in [0.5, 0.6) is 0 Å². The second-order valence-electron chi connectivity index (χ2n) is 5.90. The SMILES string of the molecule is CC(C)(C)C#CCN(C(=O)O)C(=O)OC(C)(C)C. The molecule has 0 aliphatic heterocycles. The minimum atomic E-state index is -1.37. The van der Waals surface area contributed by atoms with Crippen LogP contribution in [-0.4, -0.2) is 34.3 Å². The number of hydrogen-bond acceptors (Lipinski definition) is 3. The average molecular weight is 255 g/mol. The Labute approximate surface area is 108 Å². The van der Waals surface area contributed by atoms with Gasteiger partial charge in [0.05, 0.1) is 6.54 Å². The van der Waals surface area contributed by atoms with Gasteiger partial charge in [0.1, 0.15) is 5.60 Å². The molecule has 0 bridgehead atoms. The third-order valence-electron chi connectivity index (χ3n) is 1.55. The number of imide groups is 1. The van der Waals surface area contributed by atoms with Gasteiger partial charge in [0.2, 0.25) is 0 Å². The van der Waals surface area contributed by atoms with Gasteiger partial charge in [0.15, 0.2) is 0 Å². The molecule has 0 heterocycles. The van der Waals surface area contributed by atoms with Crippen LogP contribution in [-0.2, 0) is 4.74 Å². The maximum absolute atomic E-state index is 11.6. The summed E-state index contributed by atoms with van der Waals surface area (Å²) in [6.45, 7) is 10.5. The van der Waals surface area contributed by atoms with Gasteiger partial charge < -0.3 is 9.84 Å². The first kappa shape index (κ1) is 16.3. The third-order valence-corrected chi connectivity index (χ3v) is 1.55. The second-order valence-corrected chi connectivity index (χ2v) is 5.90. The Bertz CT molecular complexity index is 377. The van der Waals surface area contributed by atoms with Crippen molar-refractivity contribution in [3.63, 3.8) is 0 Å². The summed E-state index contributed by atoms with van der Waals surface area (Å²) in [5.74, 6) is 5.53. The molecule has 18 heavy (non-hydrogen) atoms. The highest BCUT2D eigenvalue weighted by Crippen LogP contribution is 2.11. The number of amides is 2. The van der Waals surface area contributed by atoms with Crippen LogP contribution in [0.1, 0.15) is 41.5 Å². The smallest absolute Gasteiger partial charge is 0.420 e. The molecule has 0 radical (unpaired) electrons. The largest absolute Gasteiger partial charge is 0.464 e. The van der Waals surface area contributed by atoms with Gasteiger partial charge in [-0.3, -0.25) is 0 Å². The number of ether oxygens (including phenoxy) is 1. The van der Waals surface area contributed by atoms with E-state index in [-0.39, 0.29) is 12.0 Å². The zero-order valence-electron chi connectivity index (χ0n) is 11.8. The second kappa shape index (κ2) is 5.76. The summed E-state index contributed by atoms with van der Waals surface area (Å²) in [4.78, 5) is 23.1. The van der Waals surface area contributed by atoms with Crippen molar-refractivity contribution in [2.45, 2.75) is 47.1 Å². The van der Waals surface area contributed by atoms with E-state index in [1.54, 1.807) is 20.8 Å². The number of nitrogens with zero attached hydrogens (tertiary/aromatic N) is 1. The molecule has 0 aliphatic carbocycles. The molecule has 2 amide bonds. The fourth-order valence-electron chi connectivity index (χ4n) is 0.911. The Morgan fingerprint density at radius 1 is 1.17 bits per heavy atom. The van der Waals surface area contributed by atoms with Crippen molar-refractivity contribution in [3.8, 4) is 11.8 Å². The van der Waals surface area contributed by atoms with Crippen LogP contribution in [0.2, 0.25) is 0 Å². The molecule has 5 nitrogen and oxygen atoms in total. The lowest BCUT2D eigenvalue weighted by molar-refractivity contribution is 0.0293. The van der Waals surface area contributed by atoms with Crippen LogP contribution < -0.4 is 0 Å². The summed E-state index contributed by atoms with van der Waals surface area (Å²) in [6.07, 6.45) is -2.27. The van der Waals surface area contributed by atoms with Gasteiger partial charge in [-0.1, -0.05) is 11.8 Å². The van der Waals surface area contributed by atoms with Gasteiger partial charge in [0.25, 0.3) is 0 Å². The fourth-order valence-corrected chi connectivity index (χ4v) is 0.911. The topological polar surface area (TPSA) is 66.8 Å². The van der Waals surface area contributed by atoms with Crippen molar-refractivity contribution < 1.29 is 19.4 Å². The fraction of sp³-hybridized carbons (Fsp3) is 0.692. The van der Waals surface area contributed by atoms with Gasteiger partial charge in [-0.25, -0.2) is 14.5 Å². The van der Waals surface area contributed by atoms with Gasteiger partial charge in [-0.05, 0) is 41.5 Å². The lowest BCUT2D eigenvalue weighted by Gasteiger charge is -2.23. The summed E-state index contributed by atoms with van der Waals surface area (Å²) in [7, 11) is 0. The molecule has 0 aromatic carbocycles. The summed E-state index contributed by atoms with van der Waals surface area (Å²) in [5, 5.41) is 8.93. The predicted octanol–water partition coefficient (Wildman–Crippen LogP) is 2.95. The van der Waals surface area contributed by atoms with Crippen LogP contribution in [0.4, 0.5) is 9.59 Å². The van der Waals surface area contributed by atoms with E-state index in [1.807, 2.05) is 20.8 Å². The minimum absolute atomic E-state index is 0.193. The van der Waals surface area contributed by atoms with E-state index in [9.17, 15) is 9.59 Å². The minimum Gasteiger partial charge on any atom is -0.464 e. The van der Waals surface area contributed by atoms with Crippen molar-refractivity contribution in [2.75, 3.05) is 6.54 Å². The monoisotopic (exact) mass is 255 g/mol. The number of rotatable bonds is 1. The Balaban J connectivity index is 4.73. The molecule has 102 valence electrons. The highest BCUT2D eigenvalue weighted by Gasteiger charge is 2.26. The van der Waals surface area contributed by atoms with Crippen molar-refractivity contribution >= 4 is 12.2 Å². The highest BCUT2D eigenvalue weighted by atomic mass is 16.6. The Hall–Kier alpha value is -1.70. The molecule has 0 unspecified atom stereocenters. The Morgan fingerprint density at radius 2 is 1.67 bits per heavy atom. The molecule has 0 saturated carbocycles. The van der Waals surface area contributed by atoms with Gasteiger partial charge in [-0.2, -0.15) is 0 Å². The molecule has 1 N–H and O–H groups in total. The molecule has 0 aromatic heterocycles. The maximum atomic E-state index is 11.6. The van der Waals surface area contributed by atoms with Crippen molar-refractivity contribution in [1.29, 1.82) is 0 Å². The molecule has 0 aliphatic rings. The number of carbonyl (C=O) groups excluding carboxylic acids is 1. The molecule has 5 heteroatoms. The molecular weight excluding hydrogens is 234 g/mol. The van der Waals surface area contributed by atoms with E-state index >= 15 is 0 Å². The van der Waals surface area contributed by atoms with E-state index in [1.165, 1.54) is 0 Å². The van der Waals surface area contributed by atoms with E-state index in [0.29, 0.717) is 4.90 Å². The maximum Gasteiger partial charge on any atom is 0.420 e. The molecule has 0 aromatic rings. The number of carboxylic acid groups (broad SMARTS) is 1. The van der Waals surface area contributed by atoms with Crippen LogP contribution >= 0.6 is 0 Å². The number of hydrogen-bond donors (Lipinski definition) is 1. The first-order valence-electron chi connectivity index (χ1n) is 5.66. The first-order valence-corrected chi connectivity index (χ1v) is 5.66. The van der Waals surface area contributed by atoms with Crippen LogP contribution in [0.25, 0.3) is 0 Å². The van der Waals surface area contributed by atoms with Gasteiger partial charge in [-0.15, -0.1) is 0 Å². The van der Waals surface area contributed by atoms with Gasteiger partial charge in [0, 0.05) is 5.41 Å². The summed E-state index contributed by atoms with van der Waals surface area (Å²) in [5.41, 5.74) is -0.972. The molecule has 0 rings (SSSR count). The standard InChI is InChI=1S/C13H21NO4/c1-12(2,3)8-7-9-14(10(15)16)11(17)18-13(4,5)6/h9H2,1-6H3,(H,15,16).